The number of aliphatic hydroxyl groups is 1. The number of aliphatic hydroxyl groups excluding tert-OH is 1. The molecule has 4 N–H and O–H groups in total. The number of ether oxygens (including phenoxy) is 1. The Hall–Kier alpha value is -3.30. The minimum atomic E-state index is -1.18. The third-order valence-corrected chi connectivity index (χ3v) is 4.40. The first-order chi connectivity index (χ1) is 13.5. The molecule has 0 aliphatic heterocycles. The Morgan fingerprint density at radius 2 is 2.11 bits per heavy atom. The van der Waals surface area contributed by atoms with Crippen molar-refractivity contribution in [1.82, 2.24) is 20.2 Å². The van der Waals surface area contributed by atoms with E-state index in [0.29, 0.717) is 40.1 Å². The number of halogens is 1. The summed E-state index contributed by atoms with van der Waals surface area (Å²) in [6.45, 7) is 4.00. The van der Waals surface area contributed by atoms with Gasteiger partial charge in [-0.1, -0.05) is 0 Å². The van der Waals surface area contributed by atoms with Gasteiger partial charge in [0.15, 0.2) is 0 Å². The molecule has 0 radical (unpaired) electrons. The molecule has 0 amide bonds. The van der Waals surface area contributed by atoms with Crippen LogP contribution in [-0.4, -0.2) is 38.3 Å². The number of fused-ring (bicyclic) bond motifs is 2. The molecular formula is C19H18FN5O3. The predicted molar refractivity (Wildman–Crippen MR) is 103 cm³/mol. The Labute approximate surface area is 158 Å². The zero-order valence-corrected chi connectivity index (χ0v) is 15.2. The lowest BCUT2D eigenvalue weighted by atomic mass is 10.0. The Morgan fingerprint density at radius 3 is 2.89 bits per heavy atom. The number of aromatic amines is 2. The van der Waals surface area contributed by atoms with Crippen molar-refractivity contribution in [2.75, 3.05) is 11.9 Å². The average molecular weight is 383 g/mol. The number of benzene rings is 2. The summed E-state index contributed by atoms with van der Waals surface area (Å²) in [6.07, 6.45) is -1.18. The monoisotopic (exact) mass is 383 g/mol. The summed E-state index contributed by atoms with van der Waals surface area (Å²) in [7, 11) is 0. The molecule has 4 rings (SSSR count). The van der Waals surface area contributed by atoms with E-state index in [1.54, 1.807) is 13.0 Å². The van der Waals surface area contributed by atoms with Crippen LogP contribution in [0.5, 0.6) is 0 Å². The average Bonchev–Trinajstić information content (AvgIpc) is 3.05. The van der Waals surface area contributed by atoms with E-state index in [-0.39, 0.29) is 5.56 Å². The Balaban J connectivity index is 1.84. The first-order valence-corrected chi connectivity index (χ1v) is 8.71. The van der Waals surface area contributed by atoms with Crippen LogP contribution in [0.25, 0.3) is 33.1 Å². The van der Waals surface area contributed by atoms with Gasteiger partial charge in [-0.05, 0) is 49.7 Å². The van der Waals surface area contributed by atoms with E-state index in [1.807, 2.05) is 13.0 Å². The molecule has 0 saturated carbocycles. The molecule has 9 heteroatoms. The van der Waals surface area contributed by atoms with Gasteiger partial charge in [0.1, 0.15) is 5.82 Å². The molecule has 0 aliphatic rings. The minimum absolute atomic E-state index is 0.346. The number of hydrogen-bond donors (Lipinski definition) is 4. The summed E-state index contributed by atoms with van der Waals surface area (Å²) < 4.78 is 18.8. The van der Waals surface area contributed by atoms with Crippen LogP contribution < -0.4 is 10.9 Å². The predicted octanol–water partition coefficient (Wildman–Crippen LogP) is 2.64. The molecule has 2 aromatic heterocycles. The van der Waals surface area contributed by atoms with Crippen molar-refractivity contribution in [3.63, 3.8) is 0 Å². The Kier molecular flexibility index (Phi) is 4.54. The lowest BCUT2D eigenvalue weighted by Gasteiger charge is -2.10. The van der Waals surface area contributed by atoms with Crippen molar-refractivity contribution in [2.24, 2.45) is 0 Å². The molecule has 28 heavy (non-hydrogen) atoms. The van der Waals surface area contributed by atoms with Gasteiger partial charge in [-0.2, -0.15) is 5.10 Å². The van der Waals surface area contributed by atoms with Crippen LogP contribution in [0.2, 0.25) is 0 Å². The maximum atomic E-state index is 13.8. The Morgan fingerprint density at radius 1 is 1.29 bits per heavy atom. The van der Waals surface area contributed by atoms with Gasteiger partial charge in [0.25, 0.3) is 5.56 Å². The normalized spacial score (nSPS) is 12.6. The van der Waals surface area contributed by atoms with Gasteiger partial charge in [0, 0.05) is 17.6 Å². The maximum Gasteiger partial charge on any atom is 0.272 e. The van der Waals surface area contributed by atoms with Gasteiger partial charge in [0.2, 0.25) is 12.4 Å². The molecule has 144 valence electrons. The van der Waals surface area contributed by atoms with Crippen LogP contribution >= 0.6 is 0 Å². The summed E-state index contributed by atoms with van der Waals surface area (Å²) in [4.78, 5) is 19.5. The molecule has 0 fully saturated rings. The van der Waals surface area contributed by atoms with Crippen molar-refractivity contribution in [2.45, 2.75) is 20.3 Å². The van der Waals surface area contributed by atoms with Gasteiger partial charge in [-0.3, -0.25) is 4.79 Å². The second-order valence-electron chi connectivity index (χ2n) is 6.32. The van der Waals surface area contributed by atoms with Crippen LogP contribution in [0.4, 0.5) is 10.3 Å². The van der Waals surface area contributed by atoms with Crippen molar-refractivity contribution in [1.29, 1.82) is 0 Å². The summed E-state index contributed by atoms with van der Waals surface area (Å²) in [5.41, 5.74) is 3.02. The lowest BCUT2D eigenvalue weighted by Crippen LogP contribution is -2.22. The minimum Gasteiger partial charge on any atom is -0.351 e. The third kappa shape index (κ3) is 3.21. The van der Waals surface area contributed by atoms with E-state index in [0.717, 1.165) is 11.1 Å². The van der Waals surface area contributed by atoms with E-state index in [1.165, 1.54) is 18.2 Å². The quantitative estimate of drug-likeness (QED) is 0.394. The van der Waals surface area contributed by atoms with E-state index in [4.69, 9.17) is 4.74 Å². The van der Waals surface area contributed by atoms with Crippen LogP contribution in [0, 0.1) is 12.7 Å². The van der Waals surface area contributed by atoms with Crippen molar-refractivity contribution in [3.05, 3.63) is 52.1 Å². The van der Waals surface area contributed by atoms with Crippen molar-refractivity contribution in [3.8, 4) is 11.3 Å². The zero-order valence-electron chi connectivity index (χ0n) is 15.2. The highest BCUT2D eigenvalue weighted by molar-refractivity contribution is 5.96. The van der Waals surface area contributed by atoms with Crippen LogP contribution in [0.15, 0.2) is 35.1 Å². The molecule has 0 spiro atoms. The first-order valence-electron chi connectivity index (χ1n) is 8.71. The number of aryl methyl sites for hydroxylation is 1. The van der Waals surface area contributed by atoms with E-state index in [2.05, 4.69) is 25.5 Å². The zero-order chi connectivity index (χ0) is 19.8. The van der Waals surface area contributed by atoms with Crippen LogP contribution in [-0.2, 0) is 4.74 Å². The largest absolute Gasteiger partial charge is 0.351 e. The van der Waals surface area contributed by atoms with E-state index >= 15 is 0 Å². The summed E-state index contributed by atoms with van der Waals surface area (Å²) >= 11 is 0. The van der Waals surface area contributed by atoms with Gasteiger partial charge in [-0.25, -0.2) is 14.5 Å². The fourth-order valence-electron chi connectivity index (χ4n) is 3.17. The van der Waals surface area contributed by atoms with Crippen molar-refractivity contribution >= 4 is 27.8 Å². The molecule has 0 bridgehead atoms. The molecule has 0 aliphatic carbocycles. The third-order valence-electron chi connectivity index (χ3n) is 4.40. The number of aromatic nitrogens is 4. The number of nitrogens with zero attached hydrogens (tertiary/aromatic N) is 2. The molecule has 8 nitrogen and oxygen atoms in total. The van der Waals surface area contributed by atoms with Crippen LogP contribution in [0.1, 0.15) is 12.5 Å². The number of H-pyrrole nitrogens is 2. The van der Waals surface area contributed by atoms with Gasteiger partial charge in [0.05, 0.1) is 22.1 Å². The molecule has 0 saturated heterocycles. The maximum absolute atomic E-state index is 13.8. The fourth-order valence-corrected chi connectivity index (χ4v) is 3.17. The SMILES string of the molecule is CCOC(O)Nc1nc2cc(-c3n[nH]c(=O)c4ccc(F)cc34)cc(C)c2[nH]1. The number of imidazole rings is 1. The molecule has 2 heterocycles. The number of hydrogen-bond acceptors (Lipinski definition) is 6. The fraction of sp³-hybridized carbons (Fsp3) is 0.211. The summed E-state index contributed by atoms with van der Waals surface area (Å²) in [6, 6.07) is 7.62. The summed E-state index contributed by atoms with van der Waals surface area (Å²) in [5, 5.41) is 19.8. The number of rotatable bonds is 5. The second kappa shape index (κ2) is 7.02. The van der Waals surface area contributed by atoms with Gasteiger partial charge >= 0.3 is 0 Å². The second-order valence-corrected chi connectivity index (χ2v) is 6.32. The topological polar surface area (TPSA) is 116 Å². The van der Waals surface area contributed by atoms with Gasteiger partial charge < -0.3 is 20.1 Å². The summed E-state index contributed by atoms with van der Waals surface area (Å²) in [5.74, 6) is -0.100. The standard InChI is InChI=1S/C19H18FN5O3/c1-3-28-19(27)23-18-21-14-7-10(6-9(2)15(14)22-18)16-13-8-11(20)4-5-12(13)17(26)25-24-16/h4-8,19,27H,3H2,1-2H3,(H,25,26)(H2,21,22,23). The van der Waals surface area contributed by atoms with E-state index in [9.17, 15) is 14.3 Å². The van der Waals surface area contributed by atoms with Crippen LogP contribution in [0.3, 0.4) is 0 Å². The molecule has 2 aromatic carbocycles. The highest BCUT2D eigenvalue weighted by Gasteiger charge is 2.14. The number of anilines is 1. The highest BCUT2D eigenvalue weighted by Crippen LogP contribution is 2.30. The lowest BCUT2D eigenvalue weighted by molar-refractivity contribution is -0.0734. The number of nitrogens with one attached hydrogen (secondary N) is 3. The molecular weight excluding hydrogens is 365 g/mol. The molecule has 1 atom stereocenters. The molecule has 4 aromatic rings. The molecule has 1 unspecified atom stereocenters. The van der Waals surface area contributed by atoms with Gasteiger partial charge in [-0.15, -0.1) is 0 Å². The highest BCUT2D eigenvalue weighted by atomic mass is 19.1. The van der Waals surface area contributed by atoms with Crippen molar-refractivity contribution < 1.29 is 14.2 Å². The van der Waals surface area contributed by atoms with E-state index < -0.39 is 12.2 Å². The first kappa shape index (κ1) is 18.1. The Bertz CT molecular complexity index is 1230. The smallest absolute Gasteiger partial charge is 0.272 e.